The molecule has 0 aliphatic heterocycles. The third-order valence-electron chi connectivity index (χ3n) is 1.44. The van der Waals surface area contributed by atoms with Crippen molar-refractivity contribution in [2.45, 2.75) is 6.92 Å². The molecule has 0 aliphatic rings. The molecule has 1 amide bonds. The lowest BCUT2D eigenvalue weighted by Gasteiger charge is -1.90. The van der Waals surface area contributed by atoms with Gasteiger partial charge in [-0.2, -0.15) is 0 Å². The maximum atomic E-state index is 10.7. The first-order valence-electron chi connectivity index (χ1n) is 3.90. The van der Waals surface area contributed by atoms with Gasteiger partial charge < -0.3 is 5.32 Å². The number of amides is 1. The number of thiophene rings is 1. The van der Waals surface area contributed by atoms with Crippen LogP contribution in [0.25, 0.3) is 9.88 Å². The molecule has 2 aromatic heterocycles. The van der Waals surface area contributed by atoms with Crippen molar-refractivity contribution in [1.82, 2.24) is 10.2 Å². The fourth-order valence-electron chi connectivity index (χ4n) is 0.924. The maximum absolute atomic E-state index is 10.7. The van der Waals surface area contributed by atoms with Crippen molar-refractivity contribution in [3.8, 4) is 9.88 Å². The van der Waals surface area contributed by atoms with Crippen molar-refractivity contribution in [2.75, 3.05) is 5.32 Å². The Labute approximate surface area is 88.6 Å². The summed E-state index contributed by atoms with van der Waals surface area (Å²) in [6, 6.07) is 3.93. The quantitative estimate of drug-likeness (QED) is 0.852. The number of nitrogens with zero attached hydrogens (tertiary/aromatic N) is 2. The van der Waals surface area contributed by atoms with Gasteiger partial charge in [-0.25, -0.2) is 0 Å². The predicted octanol–water partition coefficient (Wildman–Crippen LogP) is 2.22. The van der Waals surface area contributed by atoms with Gasteiger partial charge in [0.15, 0.2) is 5.01 Å². The summed E-state index contributed by atoms with van der Waals surface area (Å²) in [5.41, 5.74) is 0. The second-order valence-electron chi connectivity index (χ2n) is 2.57. The molecule has 1 N–H and O–H groups in total. The fourth-order valence-corrected chi connectivity index (χ4v) is 2.51. The minimum atomic E-state index is -0.126. The number of anilines is 1. The van der Waals surface area contributed by atoms with Crippen LogP contribution in [0.2, 0.25) is 0 Å². The number of carbonyl (C=O) groups is 1. The van der Waals surface area contributed by atoms with Crippen molar-refractivity contribution in [3.63, 3.8) is 0 Å². The van der Waals surface area contributed by atoms with Crippen LogP contribution in [0.15, 0.2) is 17.5 Å². The molecular formula is C8H7N3OS2. The zero-order chi connectivity index (χ0) is 9.97. The SMILES string of the molecule is CC(=O)Nc1nnc(-c2cccs2)s1. The first-order chi connectivity index (χ1) is 6.75. The van der Waals surface area contributed by atoms with Gasteiger partial charge in [0.05, 0.1) is 4.88 Å². The van der Waals surface area contributed by atoms with E-state index < -0.39 is 0 Å². The Morgan fingerprint density at radius 1 is 1.50 bits per heavy atom. The molecule has 6 heteroatoms. The van der Waals surface area contributed by atoms with Gasteiger partial charge in [0.2, 0.25) is 11.0 Å². The molecule has 0 radical (unpaired) electrons. The standard InChI is InChI=1S/C8H7N3OS2/c1-5(12)9-8-11-10-7(14-8)6-3-2-4-13-6/h2-4H,1H3,(H,9,11,12). The fraction of sp³-hybridized carbons (Fsp3) is 0.125. The maximum Gasteiger partial charge on any atom is 0.223 e. The van der Waals surface area contributed by atoms with E-state index in [2.05, 4.69) is 15.5 Å². The Balaban J connectivity index is 2.22. The van der Waals surface area contributed by atoms with Crippen molar-refractivity contribution >= 4 is 33.7 Å². The lowest BCUT2D eigenvalue weighted by atomic mass is 10.5. The smallest absolute Gasteiger partial charge is 0.223 e. The summed E-state index contributed by atoms with van der Waals surface area (Å²) >= 11 is 2.98. The average molecular weight is 225 g/mol. The molecule has 4 nitrogen and oxygen atoms in total. The van der Waals surface area contributed by atoms with E-state index in [4.69, 9.17) is 0 Å². The lowest BCUT2D eigenvalue weighted by Crippen LogP contribution is -2.04. The van der Waals surface area contributed by atoms with E-state index >= 15 is 0 Å². The largest absolute Gasteiger partial charge is 0.301 e. The van der Waals surface area contributed by atoms with E-state index in [0.29, 0.717) is 5.13 Å². The second-order valence-corrected chi connectivity index (χ2v) is 4.50. The summed E-state index contributed by atoms with van der Waals surface area (Å²) in [4.78, 5) is 11.8. The summed E-state index contributed by atoms with van der Waals surface area (Å²) in [6.07, 6.45) is 0. The molecule has 2 rings (SSSR count). The number of hydrogen-bond acceptors (Lipinski definition) is 5. The van der Waals surface area contributed by atoms with Crippen LogP contribution in [0.4, 0.5) is 5.13 Å². The molecule has 0 spiro atoms. The molecule has 0 aromatic carbocycles. The van der Waals surface area contributed by atoms with Gasteiger partial charge in [0.25, 0.3) is 0 Å². The third-order valence-corrected chi connectivity index (χ3v) is 3.32. The van der Waals surface area contributed by atoms with Crippen LogP contribution in [0.3, 0.4) is 0 Å². The molecule has 0 saturated heterocycles. The zero-order valence-corrected chi connectivity index (χ0v) is 8.98. The van der Waals surface area contributed by atoms with Crippen LogP contribution in [-0.4, -0.2) is 16.1 Å². The molecule has 0 aliphatic carbocycles. The summed E-state index contributed by atoms with van der Waals surface area (Å²) < 4.78 is 0. The summed E-state index contributed by atoms with van der Waals surface area (Å²) in [7, 11) is 0. The number of carbonyl (C=O) groups excluding carboxylic acids is 1. The number of nitrogens with one attached hydrogen (secondary N) is 1. The Hall–Kier alpha value is -1.27. The highest BCUT2D eigenvalue weighted by Crippen LogP contribution is 2.29. The molecule has 0 fully saturated rings. The molecule has 0 bridgehead atoms. The number of aromatic nitrogens is 2. The van der Waals surface area contributed by atoms with E-state index in [9.17, 15) is 4.79 Å². The number of rotatable bonds is 2. The average Bonchev–Trinajstić information content (AvgIpc) is 2.69. The predicted molar refractivity (Wildman–Crippen MR) is 57.5 cm³/mol. The van der Waals surface area contributed by atoms with Gasteiger partial charge in [-0.1, -0.05) is 17.4 Å². The van der Waals surface area contributed by atoms with Gasteiger partial charge in [-0.3, -0.25) is 4.79 Å². The lowest BCUT2D eigenvalue weighted by molar-refractivity contribution is -0.114. The van der Waals surface area contributed by atoms with Gasteiger partial charge in [-0.05, 0) is 11.4 Å². The van der Waals surface area contributed by atoms with Gasteiger partial charge in [-0.15, -0.1) is 21.5 Å². The molecule has 14 heavy (non-hydrogen) atoms. The highest BCUT2D eigenvalue weighted by Gasteiger charge is 2.07. The van der Waals surface area contributed by atoms with E-state index in [0.717, 1.165) is 9.88 Å². The van der Waals surface area contributed by atoms with Crippen molar-refractivity contribution in [2.24, 2.45) is 0 Å². The van der Waals surface area contributed by atoms with Gasteiger partial charge >= 0.3 is 0 Å². The van der Waals surface area contributed by atoms with Crippen molar-refractivity contribution in [1.29, 1.82) is 0 Å². The normalized spacial score (nSPS) is 10.1. The molecule has 72 valence electrons. The first-order valence-corrected chi connectivity index (χ1v) is 5.60. The molecule has 0 saturated carbocycles. The van der Waals surface area contributed by atoms with Crippen LogP contribution < -0.4 is 5.32 Å². The van der Waals surface area contributed by atoms with E-state index in [1.165, 1.54) is 18.3 Å². The Kier molecular flexibility index (Phi) is 2.55. The molecule has 2 aromatic rings. The summed E-state index contributed by atoms with van der Waals surface area (Å²) in [6.45, 7) is 1.45. The van der Waals surface area contributed by atoms with Gasteiger partial charge in [0.1, 0.15) is 0 Å². The Bertz CT molecular complexity index is 435. The van der Waals surface area contributed by atoms with Crippen LogP contribution in [0.5, 0.6) is 0 Å². The van der Waals surface area contributed by atoms with E-state index in [1.54, 1.807) is 11.3 Å². The Morgan fingerprint density at radius 2 is 2.36 bits per heavy atom. The molecular weight excluding hydrogens is 218 g/mol. The Morgan fingerprint density at radius 3 is 3.00 bits per heavy atom. The summed E-state index contributed by atoms with van der Waals surface area (Å²) in [5.74, 6) is -0.126. The minimum absolute atomic E-state index is 0.126. The van der Waals surface area contributed by atoms with Crippen LogP contribution in [0.1, 0.15) is 6.92 Å². The minimum Gasteiger partial charge on any atom is -0.301 e. The van der Waals surface area contributed by atoms with Gasteiger partial charge in [0, 0.05) is 6.92 Å². The highest BCUT2D eigenvalue weighted by molar-refractivity contribution is 7.23. The van der Waals surface area contributed by atoms with E-state index in [1.807, 2.05) is 17.5 Å². The van der Waals surface area contributed by atoms with E-state index in [-0.39, 0.29) is 5.91 Å². The first kappa shape index (κ1) is 9.29. The van der Waals surface area contributed by atoms with Crippen LogP contribution >= 0.6 is 22.7 Å². The highest BCUT2D eigenvalue weighted by atomic mass is 32.1. The number of hydrogen-bond donors (Lipinski definition) is 1. The summed E-state index contributed by atoms with van der Waals surface area (Å²) in [5, 5.41) is 13.8. The monoisotopic (exact) mass is 225 g/mol. The third kappa shape index (κ3) is 1.97. The molecule has 0 atom stereocenters. The van der Waals surface area contributed by atoms with Crippen molar-refractivity contribution < 1.29 is 4.79 Å². The van der Waals surface area contributed by atoms with Crippen molar-refractivity contribution in [3.05, 3.63) is 17.5 Å². The van der Waals surface area contributed by atoms with Crippen LogP contribution in [0, 0.1) is 0 Å². The topological polar surface area (TPSA) is 54.9 Å². The molecule has 2 heterocycles. The second kappa shape index (κ2) is 3.85. The van der Waals surface area contributed by atoms with Crippen LogP contribution in [-0.2, 0) is 4.79 Å². The zero-order valence-electron chi connectivity index (χ0n) is 7.35. The molecule has 0 unspecified atom stereocenters.